The Morgan fingerprint density at radius 2 is 1.75 bits per heavy atom. The fourth-order valence-corrected chi connectivity index (χ4v) is 5.18. The molecular formula is C24H29N7O. The first kappa shape index (κ1) is 20.7. The summed E-state index contributed by atoms with van der Waals surface area (Å²) in [6.45, 7) is 4.45. The van der Waals surface area contributed by atoms with E-state index in [2.05, 4.69) is 61.5 Å². The molecule has 4 aliphatic rings. The van der Waals surface area contributed by atoms with Crippen molar-refractivity contribution in [3.63, 3.8) is 0 Å². The third-order valence-corrected chi connectivity index (χ3v) is 6.98. The van der Waals surface area contributed by atoms with Crippen molar-refractivity contribution in [1.29, 1.82) is 5.26 Å². The predicted octanol–water partition coefficient (Wildman–Crippen LogP) is 2.38. The highest BCUT2D eigenvalue weighted by Crippen LogP contribution is 2.31. The number of likely N-dealkylation sites (tertiary alicyclic amines) is 1. The van der Waals surface area contributed by atoms with E-state index in [0.717, 1.165) is 51.9 Å². The zero-order chi connectivity index (χ0) is 21.9. The Balaban J connectivity index is 1.12. The molecular weight excluding hydrogens is 402 g/mol. The SMILES string of the molecule is N#Cc1cnc(N2C[C@@H]3CC[C@H]2CN3C(=O)NC2CCN(Cc3ccccc3)CC2)nc1. The molecule has 6 rings (SSSR count). The van der Waals surface area contributed by atoms with Gasteiger partial charge in [-0.15, -0.1) is 0 Å². The van der Waals surface area contributed by atoms with Crippen LogP contribution in [0.5, 0.6) is 0 Å². The van der Waals surface area contributed by atoms with Gasteiger partial charge in [-0.3, -0.25) is 4.90 Å². The maximum atomic E-state index is 13.1. The lowest BCUT2D eigenvalue weighted by Gasteiger charge is -2.51. The molecule has 5 heterocycles. The molecule has 2 aromatic rings. The molecule has 0 unspecified atom stereocenters. The van der Waals surface area contributed by atoms with Crippen molar-refractivity contribution >= 4 is 12.0 Å². The molecule has 2 atom stereocenters. The number of nitriles is 1. The number of piperazine rings is 1. The number of hydrogen-bond acceptors (Lipinski definition) is 6. The fourth-order valence-electron chi connectivity index (χ4n) is 5.18. The third kappa shape index (κ3) is 4.39. The molecule has 166 valence electrons. The summed E-state index contributed by atoms with van der Waals surface area (Å²) in [5.41, 5.74) is 1.81. The molecule has 8 nitrogen and oxygen atoms in total. The molecule has 32 heavy (non-hydrogen) atoms. The van der Waals surface area contributed by atoms with Gasteiger partial charge in [0.2, 0.25) is 5.95 Å². The zero-order valence-corrected chi connectivity index (χ0v) is 18.2. The largest absolute Gasteiger partial charge is 0.335 e. The standard InChI is InChI=1S/C24H29N7O/c25-12-19-13-26-23(27-14-19)30-16-22-7-6-21(30)17-31(22)24(32)28-20-8-10-29(11-9-20)15-18-4-2-1-3-5-18/h1-5,13-14,20-22H,6-11,15-17H2,(H,28,32)/t21-,22-/m0/s1. The topological polar surface area (TPSA) is 88.4 Å². The van der Waals surface area contributed by atoms with Crippen LogP contribution in [0.3, 0.4) is 0 Å². The number of nitrogens with zero attached hydrogens (tertiary/aromatic N) is 6. The van der Waals surface area contributed by atoms with Gasteiger partial charge >= 0.3 is 6.03 Å². The summed E-state index contributed by atoms with van der Waals surface area (Å²) in [5.74, 6) is 0.657. The summed E-state index contributed by atoms with van der Waals surface area (Å²) in [5, 5.41) is 12.3. The minimum atomic E-state index is 0.0709. The molecule has 1 aromatic carbocycles. The van der Waals surface area contributed by atoms with Gasteiger partial charge in [0.1, 0.15) is 6.07 Å². The second-order valence-electron chi connectivity index (χ2n) is 9.06. The van der Waals surface area contributed by atoms with E-state index >= 15 is 0 Å². The normalized spacial score (nSPS) is 23.7. The van der Waals surface area contributed by atoms with Crippen molar-refractivity contribution in [2.45, 2.75) is 50.4 Å². The van der Waals surface area contributed by atoms with Gasteiger partial charge in [0.25, 0.3) is 0 Å². The summed E-state index contributed by atoms with van der Waals surface area (Å²) >= 11 is 0. The van der Waals surface area contributed by atoms with Crippen molar-refractivity contribution in [2.75, 3.05) is 31.1 Å². The van der Waals surface area contributed by atoms with Crippen LogP contribution in [0.15, 0.2) is 42.7 Å². The minimum Gasteiger partial charge on any atom is -0.335 e. The molecule has 0 saturated carbocycles. The van der Waals surface area contributed by atoms with Crippen LogP contribution in [0.2, 0.25) is 0 Å². The van der Waals surface area contributed by atoms with E-state index in [1.807, 2.05) is 4.90 Å². The van der Waals surface area contributed by atoms with Gasteiger partial charge in [-0.2, -0.15) is 5.26 Å². The van der Waals surface area contributed by atoms with Crippen LogP contribution in [0.4, 0.5) is 10.7 Å². The van der Waals surface area contributed by atoms with Crippen molar-refractivity contribution in [3.8, 4) is 6.07 Å². The minimum absolute atomic E-state index is 0.0709. The number of hydrogen-bond donors (Lipinski definition) is 1. The first-order chi connectivity index (χ1) is 15.7. The number of amides is 2. The molecule has 1 N–H and O–H groups in total. The first-order valence-corrected chi connectivity index (χ1v) is 11.5. The molecule has 4 aliphatic heterocycles. The Morgan fingerprint density at radius 3 is 2.41 bits per heavy atom. The molecule has 4 saturated heterocycles. The average molecular weight is 432 g/mol. The number of rotatable bonds is 4. The Morgan fingerprint density at radius 1 is 1.03 bits per heavy atom. The van der Waals surface area contributed by atoms with Crippen LogP contribution >= 0.6 is 0 Å². The van der Waals surface area contributed by atoms with Gasteiger partial charge in [-0.1, -0.05) is 30.3 Å². The van der Waals surface area contributed by atoms with Crippen molar-refractivity contribution in [3.05, 3.63) is 53.9 Å². The van der Waals surface area contributed by atoms with E-state index in [1.165, 1.54) is 5.56 Å². The Bertz CT molecular complexity index is 966. The second-order valence-corrected chi connectivity index (χ2v) is 9.06. The highest BCUT2D eigenvalue weighted by Gasteiger charge is 2.42. The van der Waals surface area contributed by atoms with Crippen molar-refractivity contribution < 1.29 is 4.79 Å². The quantitative estimate of drug-likeness (QED) is 0.800. The molecule has 0 radical (unpaired) electrons. The molecule has 0 spiro atoms. The average Bonchev–Trinajstić information content (AvgIpc) is 2.86. The van der Waals surface area contributed by atoms with E-state index in [4.69, 9.17) is 5.26 Å². The summed E-state index contributed by atoms with van der Waals surface area (Å²) in [4.78, 5) is 28.5. The molecule has 4 fully saturated rings. The number of carbonyl (C=O) groups is 1. The lowest BCUT2D eigenvalue weighted by atomic mass is 9.91. The summed E-state index contributed by atoms with van der Waals surface area (Å²) in [7, 11) is 0. The van der Waals surface area contributed by atoms with Crippen molar-refractivity contribution in [1.82, 2.24) is 25.1 Å². The number of carbonyl (C=O) groups excluding carboxylic acids is 1. The predicted molar refractivity (Wildman–Crippen MR) is 121 cm³/mol. The van der Waals surface area contributed by atoms with E-state index in [-0.39, 0.29) is 24.2 Å². The fraction of sp³-hybridized carbons (Fsp3) is 0.500. The lowest BCUT2D eigenvalue weighted by Crippen LogP contribution is -2.66. The lowest BCUT2D eigenvalue weighted by molar-refractivity contribution is 0.108. The van der Waals surface area contributed by atoms with Crippen LogP contribution in [-0.4, -0.2) is 70.1 Å². The number of nitrogens with one attached hydrogen (secondary N) is 1. The van der Waals surface area contributed by atoms with Crippen molar-refractivity contribution in [2.24, 2.45) is 0 Å². The van der Waals surface area contributed by atoms with Crippen LogP contribution in [0.1, 0.15) is 36.8 Å². The highest BCUT2D eigenvalue weighted by atomic mass is 16.2. The maximum Gasteiger partial charge on any atom is 0.317 e. The number of piperidine rings is 3. The second kappa shape index (κ2) is 9.13. The van der Waals surface area contributed by atoms with Gasteiger partial charge in [0, 0.05) is 44.8 Å². The summed E-state index contributed by atoms with van der Waals surface area (Å²) in [6.07, 6.45) is 7.17. The zero-order valence-electron chi connectivity index (χ0n) is 18.2. The molecule has 2 amide bonds. The third-order valence-electron chi connectivity index (χ3n) is 6.98. The van der Waals surface area contributed by atoms with Crippen LogP contribution in [0.25, 0.3) is 0 Å². The molecule has 8 heteroatoms. The van der Waals surface area contributed by atoms with Gasteiger partial charge in [0.15, 0.2) is 0 Å². The monoisotopic (exact) mass is 431 g/mol. The van der Waals surface area contributed by atoms with E-state index in [0.29, 0.717) is 18.1 Å². The van der Waals surface area contributed by atoms with E-state index in [9.17, 15) is 4.79 Å². The number of anilines is 1. The number of benzene rings is 1. The van der Waals surface area contributed by atoms with Gasteiger partial charge in [-0.25, -0.2) is 14.8 Å². The molecule has 2 bridgehead atoms. The molecule has 0 aliphatic carbocycles. The Hall–Kier alpha value is -3.18. The first-order valence-electron chi connectivity index (χ1n) is 11.5. The molecule has 1 aromatic heterocycles. The van der Waals surface area contributed by atoms with E-state index < -0.39 is 0 Å². The van der Waals surface area contributed by atoms with E-state index in [1.54, 1.807) is 12.4 Å². The number of fused-ring (bicyclic) bond motifs is 3. The van der Waals surface area contributed by atoms with Crippen LogP contribution < -0.4 is 10.2 Å². The van der Waals surface area contributed by atoms with Crippen LogP contribution in [0, 0.1) is 11.3 Å². The van der Waals surface area contributed by atoms with Crippen LogP contribution in [-0.2, 0) is 6.54 Å². The highest BCUT2D eigenvalue weighted by molar-refractivity contribution is 5.75. The smallest absolute Gasteiger partial charge is 0.317 e. The van der Waals surface area contributed by atoms with Gasteiger partial charge in [-0.05, 0) is 31.2 Å². The number of aromatic nitrogens is 2. The Labute approximate surface area is 188 Å². The number of urea groups is 1. The van der Waals surface area contributed by atoms with Gasteiger partial charge in [0.05, 0.1) is 24.0 Å². The van der Waals surface area contributed by atoms with Gasteiger partial charge < -0.3 is 15.1 Å². The summed E-state index contributed by atoms with van der Waals surface area (Å²) in [6, 6.07) is 13.3. The maximum absolute atomic E-state index is 13.1. The Kier molecular flexibility index (Phi) is 5.91. The summed E-state index contributed by atoms with van der Waals surface area (Å²) < 4.78 is 0.